The van der Waals surface area contributed by atoms with Crippen LogP contribution in [0.2, 0.25) is 0 Å². The van der Waals surface area contributed by atoms with Crippen LogP contribution in [0.15, 0.2) is 102 Å². The fourth-order valence-electron chi connectivity index (χ4n) is 4.40. The highest BCUT2D eigenvalue weighted by Gasteiger charge is 2.29. The molecule has 1 unspecified atom stereocenters. The zero-order valence-electron chi connectivity index (χ0n) is 19.6. The van der Waals surface area contributed by atoms with Crippen LogP contribution in [-0.2, 0) is 17.9 Å². The number of hydrogen-bond donors (Lipinski definition) is 2. The molecule has 0 saturated heterocycles. The van der Waals surface area contributed by atoms with Crippen LogP contribution in [0.1, 0.15) is 18.1 Å². The zero-order valence-corrected chi connectivity index (χ0v) is 19.6. The first-order valence-corrected chi connectivity index (χ1v) is 11.8. The molecule has 1 amide bonds. The summed E-state index contributed by atoms with van der Waals surface area (Å²) in [6.07, 6.45) is 3.35. The molecule has 176 valence electrons. The van der Waals surface area contributed by atoms with Crippen LogP contribution < -0.4 is 10.3 Å². The summed E-state index contributed by atoms with van der Waals surface area (Å²) in [5.74, 6) is -0.143. The van der Waals surface area contributed by atoms with E-state index in [0.717, 1.165) is 22.2 Å². The van der Waals surface area contributed by atoms with Gasteiger partial charge in [0.2, 0.25) is 0 Å². The molecule has 3 aromatic carbocycles. The van der Waals surface area contributed by atoms with Crippen LogP contribution in [0.3, 0.4) is 0 Å². The first-order valence-electron chi connectivity index (χ1n) is 11.8. The normalized spacial score (nSPS) is 15.7. The number of aliphatic hydroxyl groups is 1. The first-order chi connectivity index (χ1) is 17.1. The predicted octanol–water partition coefficient (Wildman–Crippen LogP) is 4.60. The number of para-hydroxylation sites is 2. The number of fused-ring (bicyclic) bond motifs is 1. The minimum Gasteiger partial charge on any atom is -0.390 e. The molecule has 1 aliphatic rings. The molecular weight excluding hydrogens is 436 g/mol. The predicted molar refractivity (Wildman–Crippen MR) is 141 cm³/mol. The van der Waals surface area contributed by atoms with Crippen molar-refractivity contribution in [2.24, 2.45) is 5.10 Å². The number of carbonyl (C=O) groups is 1. The van der Waals surface area contributed by atoms with Gasteiger partial charge in [-0.2, -0.15) is 10.1 Å². The molecule has 4 aromatic rings. The van der Waals surface area contributed by atoms with Crippen LogP contribution in [0.25, 0.3) is 17.0 Å². The molecule has 1 aromatic heterocycles. The molecule has 0 bridgehead atoms. The number of hydrogen-bond acceptors (Lipinski definition) is 4. The molecule has 2 heterocycles. The van der Waals surface area contributed by atoms with Crippen molar-refractivity contribution in [3.8, 4) is 0 Å². The lowest BCUT2D eigenvalue weighted by molar-refractivity contribution is -0.114. The third-order valence-corrected chi connectivity index (χ3v) is 6.14. The largest absolute Gasteiger partial charge is 0.390 e. The molecule has 1 aliphatic heterocycles. The second-order valence-corrected chi connectivity index (χ2v) is 8.72. The molecule has 6 nitrogen and oxygen atoms in total. The second-order valence-electron chi connectivity index (χ2n) is 8.72. The maximum absolute atomic E-state index is 13.2. The van der Waals surface area contributed by atoms with Crippen molar-refractivity contribution in [1.82, 2.24) is 9.88 Å². The van der Waals surface area contributed by atoms with Crippen molar-refractivity contribution in [3.05, 3.63) is 108 Å². The Kier molecular flexibility index (Phi) is 6.57. The number of nitrogens with one attached hydrogen (secondary N) is 1. The first kappa shape index (κ1) is 22.8. The van der Waals surface area contributed by atoms with Gasteiger partial charge in [0.1, 0.15) is 0 Å². The third kappa shape index (κ3) is 4.94. The minimum atomic E-state index is -0.556. The van der Waals surface area contributed by atoms with Gasteiger partial charge in [0.25, 0.3) is 5.91 Å². The van der Waals surface area contributed by atoms with Crippen molar-refractivity contribution in [3.63, 3.8) is 0 Å². The van der Waals surface area contributed by atoms with Gasteiger partial charge >= 0.3 is 0 Å². The highest BCUT2D eigenvalue weighted by molar-refractivity contribution is 6.32. The summed E-state index contributed by atoms with van der Waals surface area (Å²) in [4.78, 5) is 13.2. The highest BCUT2D eigenvalue weighted by Crippen LogP contribution is 2.28. The molecule has 35 heavy (non-hydrogen) atoms. The number of hydrazone groups is 1. The molecule has 1 atom stereocenters. The maximum Gasteiger partial charge on any atom is 0.280 e. The molecule has 0 spiro atoms. The number of nitrogens with zero attached hydrogens (tertiary/aromatic N) is 3. The lowest BCUT2D eigenvalue weighted by atomic mass is 10.1. The smallest absolute Gasteiger partial charge is 0.280 e. The van der Waals surface area contributed by atoms with Gasteiger partial charge < -0.3 is 15.0 Å². The van der Waals surface area contributed by atoms with Gasteiger partial charge in [-0.05, 0) is 36.8 Å². The quantitative estimate of drug-likeness (QED) is 0.375. The molecule has 0 saturated carbocycles. The number of anilines is 1. The van der Waals surface area contributed by atoms with Gasteiger partial charge in [-0.1, -0.05) is 66.7 Å². The van der Waals surface area contributed by atoms with E-state index >= 15 is 0 Å². The van der Waals surface area contributed by atoms with Gasteiger partial charge in [-0.3, -0.25) is 4.79 Å². The van der Waals surface area contributed by atoms with Crippen LogP contribution >= 0.6 is 0 Å². The van der Waals surface area contributed by atoms with E-state index in [0.29, 0.717) is 30.9 Å². The average molecular weight is 465 g/mol. The molecule has 0 fully saturated rings. The topological polar surface area (TPSA) is 69.9 Å². The number of carbonyl (C=O) groups excluding carboxylic acids is 1. The van der Waals surface area contributed by atoms with E-state index in [1.807, 2.05) is 92.0 Å². The summed E-state index contributed by atoms with van der Waals surface area (Å²) >= 11 is 0. The fourth-order valence-corrected chi connectivity index (χ4v) is 4.40. The summed E-state index contributed by atoms with van der Waals surface area (Å²) < 4.78 is 2.05. The Bertz CT molecular complexity index is 1390. The number of aliphatic hydroxyl groups excluding tert-OH is 1. The van der Waals surface area contributed by atoms with Crippen molar-refractivity contribution in [1.29, 1.82) is 0 Å². The molecule has 2 N–H and O–H groups in total. The standard InChI is InChI=1S/C29H28N4O2/c1-21-27(29(35)33(31-21)24-12-6-3-7-13-24)16-23-19-32(28-15-9-8-14-26(23)28)20-25(34)18-30-17-22-10-4-2-5-11-22/h2-16,19,25,30,34H,17-18,20H2,1H3. The summed E-state index contributed by atoms with van der Waals surface area (Å²) in [6.45, 7) is 3.49. The van der Waals surface area contributed by atoms with Crippen LogP contribution in [0.5, 0.6) is 0 Å². The number of amides is 1. The van der Waals surface area contributed by atoms with Gasteiger partial charge in [0.15, 0.2) is 0 Å². The van der Waals surface area contributed by atoms with Crippen molar-refractivity contribution >= 4 is 34.3 Å². The van der Waals surface area contributed by atoms with Crippen molar-refractivity contribution in [2.45, 2.75) is 26.1 Å². The number of aromatic nitrogens is 1. The van der Waals surface area contributed by atoms with E-state index in [-0.39, 0.29) is 5.91 Å². The van der Waals surface area contributed by atoms with Gasteiger partial charge in [0.05, 0.1) is 23.1 Å². The second kappa shape index (κ2) is 10.1. The van der Waals surface area contributed by atoms with Crippen LogP contribution in [-0.4, -0.2) is 33.9 Å². The Morgan fingerprint density at radius 1 is 0.971 bits per heavy atom. The van der Waals surface area contributed by atoms with E-state index < -0.39 is 6.10 Å². The minimum absolute atomic E-state index is 0.143. The van der Waals surface area contributed by atoms with Crippen LogP contribution in [0, 0.1) is 0 Å². The number of rotatable bonds is 8. The summed E-state index contributed by atoms with van der Waals surface area (Å²) in [5, 5.41) is 21.0. The van der Waals surface area contributed by atoms with Gasteiger partial charge in [-0.15, -0.1) is 0 Å². The molecule has 0 aliphatic carbocycles. The third-order valence-electron chi connectivity index (χ3n) is 6.14. The van der Waals surface area contributed by atoms with Crippen LogP contribution in [0.4, 0.5) is 5.69 Å². The Morgan fingerprint density at radius 3 is 2.43 bits per heavy atom. The maximum atomic E-state index is 13.2. The fraction of sp³-hybridized carbons (Fsp3) is 0.172. The monoisotopic (exact) mass is 464 g/mol. The highest BCUT2D eigenvalue weighted by atomic mass is 16.3. The van der Waals surface area contributed by atoms with Crippen molar-refractivity contribution in [2.75, 3.05) is 11.6 Å². The Hall–Kier alpha value is -4.00. The number of benzene rings is 3. The molecule has 0 radical (unpaired) electrons. The van der Waals surface area contributed by atoms with E-state index in [4.69, 9.17) is 0 Å². The van der Waals surface area contributed by atoms with Gasteiger partial charge in [-0.25, -0.2) is 0 Å². The lowest BCUT2D eigenvalue weighted by Gasteiger charge is -2.14. The van der Waals surface area contributed by atoms with Gasteiger partial charge in [0, 0.05) is 42.3 Å². The Balaban J connectivity index is 1.35. The Morgan fingerprint density at radius 2 is 1.66 bits per heavy atom. The Labute approximate surface area is 204 Å². The summed E-state index contributed by atoms with van der Waals surface area (Å²) in [7, 11) is 0. The van der Waals surface area contributed by atoms with E-state index in [1.54, 1.807) is 0 Å². The summed E-state index contributed by atoms with van der Waals surface area (Å²) in [5.41, 5.74) is 5.12. The zero-order chi connectivity index (χ0) is 24.2. The molecule has 6 heteroatoms. The van der Waals surface area contributed by atoms with Crippen molar-refractivity contribution < 1.29 is 9.90 Å². The van der Waals surface area contributed by atoms with E-state index in [1.165, 1.54) is 10.6 Å². The molecular formula is C29H28N4O2. The average Bonchev–Trinajstić information content (AvgIpc) is 3.37. The SMILES string of the molecule is CC1=NN(c2ccccc2)C(=O)C1=Cc1cn(CC(O)CNCc2ccccc2)c2ccccc12. The lowest BCUT2D eigenvalue weighted by Crippen LogP contribution is -2.29. The van der Waals surface area contributed by atoms with E-state index in [2.05, 4.69) is 27.1 Å². The summed E-state index contributed by atoms with van der Waals surface area (Å²) in [6, 6.07) is 27.6. The van der Waals surface area contributed by atoms with E-state index in [9.17, 15) is 9.90 Å². The molecule has 5 rings (SSSR count).